The molecule has 0 N–H and O–H groups in total. The Morgan fingerprint density at radius 1 is 1.04 bits per heavy atom. The van der Waals surface area contributed by atoms with Crippen molar-refractivity contribution >= 4 is 19.8 Å². The number of non-ortho nitro benzene ring substituents is 1. The normalized spacial score (nSPS) is 13.0. The summed E-state index contributed by atoms with van der Waals surface area (Å²) < 4.78 is 23.3. The second-order valence-corrected chi connectivity index (χ2v) is 7.19. The number of rotatable bonds is 9. The number of nitro benzene ring substituents is 1. The minimum atomic E-state index is -3.10. The van der Waals surface area contributed by atoms with E-state index in [4.69, 9.17) is 14.1 Å². The van der Waals surface area contributed by atoms with Gasteiger partial charge in [0.25, 0.3) is 5.69 Å². The highest BCUT2D eigenvalue weighted by Crippen LogP contribution is 2.35. The maximum Gasteiger partial charge on any atom is 0.340 e. The molecule has 1 unspecified atom stereocenters. The van der Waals surface area contributed by atoms with Gasteiger partial charge in [-0.05, 0) is 49.9 Å². The van der Waals surface area contributed by atoms with Crippen LogP contribution in [-0.2, 0) is 14.1 Å². The first-order chi connectivity index (χ1) is 13.3. The Morgan fingerprint density at radius 3 is 2.18 bits per heavy atom. The average Bonchev–Trinajstić information content (AvgIpc) is 2.66. The van der Waals surface area contributed by atoms with Gasteiger partial charge in [-0.15, -0.1) is 0 Å². The van der Waals surface area contributed by atoms with Crippen LogP contribution in [0.2, 0.25) is 0 Å². The molecule has 2 aromatic carbocycles. The lowest BCUT2D eigenvalue weighted by Gasteiger charge is -2.26. The van der Waals surface area contributed by atoms with Gasteiger partial charge >= 0.3 is 14.1 Å². The number of ether oxygens (including phenoxy) is 1. The van der Waals surface area contributed by atoms with Crippen molar-refractivity contribution < 1.29 is 28.4 Å². The van der Waals surface area contributed by atoms with Crippen LogP contribution in [0.25, 0.3) is 0 Å². The van der Waals surface area contributed by atoms with E-state index in [1.54, 1.807) is 44.2 Å². The topological polar surface area (TPSA) is 108 Å². The van der Waals surface area contributed by atoms with Gasteiger partial charge in [-0.1, -0.05) is 18.2 Å². The number of hydrogen-bond acceptors (Lipinski definition) is 7. The van der Waals surface area contributed by atoms with Crippen molar-refractivity contribution in [2.45, 2.75) is 32.9 Å². The number of benzene rings is 2. The molecule has 0 bridgehead atoms. The Balaban J connectivity index is 2.19. The number of nitro groups is 1. The average molecular weight is 408 g/mol. The molecular formula is C18H21N2O7P. The Hall–Kier alpha value is -2.90. The van der Waals surface area contributed by atoms with Crippen LogP contribution in [0.15, 0.2) is 54.6 Å². The Bertz CT molecular complexity index is 828. The summed E-state index contributed by atoms with van der Waals surface area (Å²) in [7, 11) is -3.10. The minimum absolute atomic E-state index is 0.127. The van der Waals surface area contributed by atoms with E-state index in [0.29, 0.717) is 5.75 Å². The first-order valence-electron chi connectivity index (χ1n) is 8.47. The predicted molar refractivity (Wildman–Crippen MR) is 102 cm³/mol. The van der Waals surface area contributed by atoms with Crippen molar-refractivity contribution in [2.24, 2.45) is 0 Å². The van der Waals surface area contributed by atoms with Gasteiger partial charge in [0.15, 0.2) is 6.04 Å². The van der Waals surface area contributed by atoms with E-state index in [-0.39, 0.29) is 17.5 Å². The molecule has 9 nitrogen and oxygen atoms in total. The summed E-state index contributed by atoms with van der Waals surface area (Å²) in [6.07, 6.45) is -0.355. The maximum atomic E-state index is 12.8. The Labute approximate surface area is 162 Å². The Morgan fingerprint density at radius 2 is 1.64 bits per heavy atom. The Kier molecular flexibility index (Phi) is 7.54. The molecule has 150 valence electrons. The van der Waals surface area contributed by atoms with E-state index < -0.39 is 25.1 Å². The van der Waals surface area contributed by atoms with Crippen molar-refractivity contribution in [2.75, 3.05) is 0 Å². The molecular weight excluding hydrogens is 387 g/mol. The molecule has 2 aromatic rings. The highest BCUT2D eigenvalue weighted by Gasteiger charge is 2.31. The lowest BCUT2D eigenvalue weighted by Crippen LogP contribution is -2.39. The number of carbonyl (C=O) groups is 1. The number of nitrogens with zero attached hydrogens (tertiary/aromatic N) is 2. The molecule has 0 aliphatic heterocycles. The fraction of sp³-hybridized carbons (Fsp3) is 0.278. The fourth-order valence-corrected chi connectivity index (χ4v) is 3.11. The lowest BCUT2D eigenvalue weighted by molar-refractivity contribution is -0.384. The molecule has 0 aliphatic carbocycles. The zero-order valence-corrected chi connectivity index (χ0v) is 16.6. The van der Waals surface area contributed by atoms with Crippen LogP contribution in [-0.4, -0.2) is 27.9 Å². The van der Waals surface area contributed by atoms with Gasteiger partial charge in [0.2, 0.25) is 0 Å². The molecule has 0 spiro atoms. The van der Waals surface area contributed by atoms with E-state index in [1.807, 2.05) is 0 Å². The van der Waals surface area contributed by atoms with Crippen LogP contribution >= 0.6 is 8.18 Å². The van der Waals surface area contributed by atoms with Crippen LogP contribution in [0.3, 0.4) is 0 Å². The minimum Gasteiger partial charge on any atom is -0.462 e. The molecule has 0 saturated heterocycles. The third kappa shape index (κ3) is 6.07. The molecule has 10 heteroatoms. The highest BCUT2D eigenvalue weighted by molar-refractivity contribution is 7.36. The summed E-state index contributed by atoms with van der Waals surface area (Å²) >= 11 is 0. The van der Waals surface area contributed by atoms with Crippen LogP contribution in [0, 0.1) is 10.1 Å². The summed E-state index contributed by atoms with van der Waals surface area (Å²) in [5.74, 6) is -0.130. The lowest BCUT2D eigenvalue weighted by atomic mass is 10.3. The van der Waals surface area contributed by atoms with Crippen molar-refractivity contribution in [1.82, 2.24) is 4.83 Å². The van der Waals surface area contributed by atoms with Gasteiger partial charge in [0.1, 0.15) is 11.5 Å². The summed E-state index contributed by atoms with van der Waals surface area (Å²) in [6.45, 7) is 4.88. The molecule has 2 atom stereocenters. The molecule has 0 radical (unpaired) electrons. The van der Waals surface area contributed by atoms with Gasteiger partial charge in [-0.2, -0.15) is 0 Å². The first kappa shape index (κ1) is 21.4. The van der Waals surface area contributed by atoms with Crippen molar-refractivity contribution in [3.8, 4) is 11.5 Å². The summed E-state index contributed by atoms with van der Waals surface area (Å²) in [5, 5.41) is 10.7. The number of para-hydroxylation sites is 1. The molecule has 0 fully saturated rings. The molecule has 0 aromatic heterocycles. The SMILES string of the molecule is CC(C)OC(=O)C(C)N(Oc1ccccc1)[P@@H](=O)Oc1ccc([N+](=O)[O-])cc1. The van der Waals surface area contributed by atoms with Gasteiger partial charge in [0.05, 0.1) is 11.0 Å². The maximum absolute atomic E-state index is 12.8. The van der Waals surface area contributed by atoms with Crippen LogP contribution in [0.5, 0.6) is 11.5 Å². The third-order valence-electron chi connectivity index (χ3n) is 3.42. The molecule has 0 saturated carbocycles. The van der Waals surface area contributed by atoms with E-state index in [2.05, 4.69) is 0 Å². The van der Waals surface area contributed by atoms with Crippen molar-refractivity contribution in [3.63, 3.8) is 0 Å². The van der Waals surface area contributed by atoms with Crippen LogP contribution in [0.4, 0.5) is 5.69 Å². The van der Waals surface area contributed by atoms with Gasteiger partial charge in [-0.3, -0.25) is 19.5 Å². The summed E-state index contributed by atoms with van der Waals surface area (Å²) in [6, 6.07) is 12.6. The standard InChI is InChI=1S/C18H21N2O7P/c1-13(2)25-18(21)14(3)20(26-16-7-5-4-6-8-16)28(24)27-17-11-9-15(10-12-17)19(22)23/h4-14,28H,1-3H3. The number of hydroxylamine groups is 1. The summed E-state index contributed by atoms with van der Waals surface area (Å²) in [5.41, 5.74) is -0.127. The zero-order valence-electron chi connectivity index (χ0n) is 15.6. The van der Waals surface area contributed by atoms with Crippen LogP contribution < -0.4 is 9.36 Å². The predicted octanol–water partition coefficient (Wildman–Crippen LogP) is 4.00. The van der Waals surface area contributed by atoms with Gasteiger partial charge < -0.3 is 14.1 Å². The van der Waals surface area contributed by atoms with Crippen molar-refractivity contribution in [1.29, 1.82) is 0 Å². The molecule has 0 amide bonds. The van der Waals surface area contributed by atoms with E-state index >= 15 is 0 Å². The van der Waals surface area contributed by atoms with Gasteiger partial charge in [0, 0.05) is 12.1 Å². The quantitative estimate of drug-likeness (QED) is 0.265. The zero-order chi connectivity index (χ0) is 20.7. The fourth-order valence-electron chi connectivity index (χ4n) is 2.08. The largest absolute Gasteiger partial charge is 0.462 e. The van der Waals surface area contributed by atoms with Gasteiger partial charge in [-0.25, -0.2) is 0 Å². The number of carbonyl (C=O) groups excluding carboxylic acids is 1. The highest BCUT2D eigenvalue weighted by atomic mass is 31.1. The number of esters is 1. The van der Waals surface area contributed by atoms with E-state index in [0.717, 1.165) is 4.83 Å². The molecule has 28 heavy (non-hydrogen) atoms. The van der Waals surface area contributed by atoms with Crippen molar-refractivity contribution in [3.05, 3.63) is 64.7 Å². The number of hydrogen-bond donors (Lipinski definition) is 0. The monoisotopic (exact) mass is 408 g/mol. The molecule has 0 heterocycles. The molecule has 0 aliphatic rings. The summed E-state index contributed by atoms with van der Waals surface area (Å²) in [4.78, 5) is 29.0. The molecule has 2 rings (SSSR count). The first-order valence-corrected chi connectivity index (χ1v) is 9.73. The smallest absolute Gasteiger partial charge is 0.340 e. The van der Waals surface area contributed by atoms with E-state index in [9.17, 15) is 19.5 Å². The van der Waals surface area contributed by atoms with Crippen LogP contribution in [0.1, 0.15) is 20.8 Å². The third-order valence-corrected chi connectivity index (χ3v) is 4.67. The van der Waals surface area contributed by atoms with E-state index in [1.165, 1.54) is 31.2 Å². The second-order valence-electron chi connectivity index (χ2n) is 6.01. The second kappa shape index (κ2) is 9.87.